The van der Waals surface area contributed by atoms with E-state index < -0.39 is 11.6 Å². The van der Waals surface area contributed by atoms with E-state index in [4.69, 9.17) is 5.73 Å². The monoisotopic (exact) mass is 333 g/mol. The molecule has 1 nitrogen and oxygen atoms in total. The topological polar surface area (TPSA) is 26.0 Å². The number of anilines is 1. The fourth-order valence-electron chi connectivity index (χ4n) is 0.580. The zero-order valence-electron chi connectivity index (χ0n) is 5.17. The van der Waals surface area contributed by atoms with E-state index in [0.29, 0.717) is 4.47 Å². The van der Waals surface area contributed by atoms with Crippen molar-refractivity contribution in [1.29, 1.82) is 0 Å². The molecule has 0 amide bonds. The maximum absolute atomic E-state index is 12.7. The van der Waals surface area contributed by atoms with Gasteiger partial charge in [-0.25, -0.2) is 8.78 Å². The molecule has 0 aliphatic heterocycles. The molecule has 0 aliphatic rings. The molecule has 0 saturated carbocycles. The molecule has 5 heteroatoms. The molecule has 0 radical (unpaired) electrons. The highest BCUT2D eigenvalue weighted by atomic mass is 127. The van der Waals surface area contributed by atoms with E-state index >= 15 is 0 Å². The van der Waals surface area contributed by atoms with E-state index in [1.165, 1.54) is 0 Å². The Kier molecular flexibility index (Phi) is 2.69. The van der Waals surface area contributed by atoms with E-state index in [1.54, 1.807) is 22.6 Å². The molecule has 11 heavy (non-hydrogen) atoms. The second-order valence-corrected chi connectivity index (χ2v) is 3.81. The molecule has 1 rings (SSSR count). The lowest BCUT2D eigenvalue weighted by atomic mass is 10.3. The predicted molar refractivity (Wildman–Crippen MR) is 51.2 cm³/mol. The van der Waals surface area contributed by atoms with Crippen molar-refractivity contribution in [2.24, 2.45) is 0 Å². The van der Waals surface area contributed by atoms with E-state index in [-0.39, 0.29) is 9.26 Å². The minimum Gasteiger partial charge on any atom is -0.397 e. The third kappa shape index (κ3) is 1.64. The molecule has 60 valence electrons. The number of benzene rings is 1. The first-order valence-corrected chi connectivity index (χ1v) is 4.49. The number of hydrogen-bond acceptors (Lipinski definition) is 1. The van der Waals surface area contributed by atoms with Crippen LogP contribution in [-0.2, 0) is 0 Å². The molecule has 1 aromatic rings. The number of rotatable bonds is 0. The summed E-state index contributed by atoms with van der Waals surface area (Å²) >= 11 is 4.64. The summed E-state index contributed by atoms with van der Waals surface area (Å²) in [7, 11) is 0. The van der Waals surface area contributed by atoms with Gasteiger partial charge in [0, 0.05) is 4.47 Å². The maximum Gasteiger partial charge on any atom is 0.174 e. The molecule has 0 heterocycles. The van der Waals surface area contributed by atoms with Gasteiger partial charge in [-0.2, -0.15) is 0 Å². The average Bonchev–Trinajstić information content (AvgIpc) is 1.97. The van der Waals surface area contributed by atoms with Gasteiger partial charge >= 0.3 is 0 Å². The molecule has 2 N–H and O–H groups in total. The Morgan fingerprint density at radius 1 is 1.45 bits per heavy atom. The molecule has 0 aliphatic carbocycles. The smallest absolute Gasteiger partial charge is 0.174 e. The highest BCUT2D eigenvalue weighted by Gasteiger charge is 2.12. The molecule has 0 atom stereocenters. The van der Waals surface area contributed by atoms with Gasteiger partial charge in [0.2, 0.25) is 0 Å². The summed E-state index contributed by atoms with van der Waals surface area (Å²) in [5.41, 5.74) is 5.62. The zero-order chi connectivity index (χ0) is 8.59. The van der Waals surface area contributed by atoms with Crippen LogP contribution in [0.4, 0.5) is 14.5 Å². The minimum absolute atomic E-state index is 0.106. The van der Waals surface area contributed by atoms with Crippen molar-refractivity contribution in [1.82, 2.24) is 0 Å². The van der Waals surface area contributed by atoms with Crippen LogP contribution in [0.25, 0.3) is 0 Å². The van der Waals surface area contributed by atoms with Crippen molar-refractivity contribution in [3.63, 3.8) is 0 Å². The Morgan fingerprint density at radius 3 is 2.55 bits per heavy atom. The summed E-state index contributed by atoms with van der Waals surface area (Å²) in [6.45, 7) is 0. The van der Waals surface area contributed by atoms with Crippen LogP contribution in [0, 0.1) is 15.2 Å². The maximum atomic E-state index is 12.7. The summed E-state index contributed by atoms with van der Waals surface area (Å²) in [6.07, 6.45) is 0. The summed E-state index contributed by atoms with van der Waals surface area (Å²) in [4.78, 5) is 0. The number of halogens is 4. The van der Waals surface area contributed by atoms with Gasteiger partial charge in [0.25, 0.3) is 0 Å². The normalized spacial score (nSPS) is 10.2. The van der Waals surface area contributed by atoms with Crippen LogP contribution >= 0.6 is 38.5 Å². The average molecular weight is 334 g/mol. The van der Waals surface area contributed by atoms with Crippen LogP contribution in [0.3, 0.4) is 0 Å². The van der Waals surface area contributed by atoms with Gasteiger partial charge in [-0.15, -0.1) is 0 Å². The molecule has 0 saturated heterocycles. The molecule has 0 unspecified atom stereocenters. The van der Waals surface area contributed by atoms with E-state index in [1.807, 2.05) is 0 Å². The molecule has 0 bridgehead atoms. The van der Waals surface area contributed by atoms with Gasteiger partial charge in [-0.3, -0.25) is 0 Å². The first kappa shape index (κ1) is 9.18. The van der Waals surface area contributed by atoms with Crippen LogP contribution in [0.1, 0.15) is 0 Å². The summed E-state index contributed by atoms with van der Waals surface area (Å²) in [5.74, 6) is -1.79. The molecule has 0 spiro atoms. The SMILES string of the molecule is Nc1c(Br)cc(F)c(F)c1I. The fraction of sp³-hybridized carbons (Fsp3) is 0. The number of hydrogen-bond donors (Lipinski definition) is 1. The van der Waals surface area contributed by atoms with Crippen LogP contribution in [0.2, 0.25) is 0 Å². The number of nitrogen functional groups attached to an aromatic ring is 1. The van der Waals surface area contributed by atoms with Gasteiger partial charge in [-0.1, -0.05) is 0 Å². The summed E-state index contributed by atoms with van der Waals surface area (Å²) < 4.78 is 25.7. The van der Waals surface area contributed by atoms with E-state index in [0.717, 1.165) is 6.07 Å². The lowest BCUT2D eigenvalue weighted by Crippen LogP contribution is -1.97. The Balaban J connectivity index is 3.46. The Bertz CT molecular complexity index is 277. The lowest BCUT2D eigenvalue weighted by molar-refractivity contribution is 0.503. The highest BCUT2D eigenvalue weighted by molar-refractivity contribution is 14.1. The predicted octanol–water partition coefficient (Wildman–Crippen LogP) is 2.91. The van der Waals surface area contributed by atoms with Gasteiger partial charge in [0.1, 0.15) is 0 Å². The molecule has 0 aromatic heterocycles. The second kappa shape index (κ2) is 3.22. The van der Waals surface area contributed by atoms with Crippen LogP contribution in [0.15, 0.2) is 10.5 Å². The molecule has 0 fully saturated rings. The third-order valence-electron chi connectivity index (χ3n) is 1.15. The first-order chi connectivity index (χ1) is 5.04. The van der Waals surface area contributed by atoms with Crippen LogP contribution in [-0.4, -0.2) is 0 Å². The second-order valence-electron chi connectivity index (χ2n) is 1.88. The first-order valence-electron chi connectivity index (χ1n) is 2.62. The molecular weight excluding hydrogens is 331 g/mol. The Morgan fingerprint density at radius 2 is 2.00 bits per heavy atom. The van der Waals surface area contributed by atoms with Gasteiger partial charge in [0.05, 0.1) is 9.26 Å². The van der Waals surface area contributed by atoms with E-state index in [2.05, 4.69) is 15.9 Å². The van der Waals surface area contributed by atoms with Crippen molar-refractivity contribution in [3.8, 4) is 0 Å². The lowest BCUT2D eigenvalue weighted by Gasteiger charge is -2.02. The van der Waals surface area contributed by atoms with Crippen LogP contribution in [0.5, 0.6) is 0 Å². The summed E-state index contributed by atoms with van der Waals surface area (Å²) in [5, 5.41) is 0. The largest absolute Gasteiger partial charge is 0.397 e. The van der Waals surface area contributed by atoms with Crippen molar-refractivity contribution < 1.29 is 8.78 Å². The van der Waals surface area contributed by atoms with Crippen molar-refractivity contribution in [3.05, 3.63) is 25.7 Å². The van der Waals surface area contributed by atoms with Gasteiger partial charge < -0.3 is 5.73 Å². The highest BCUT2D eigenvalue weighted by Crippen LogP contribution is 2.28. The Hall–Kier alpha value is 0.0900. The molecule has 1 aromatic carbocycles. The van der Waals surface area contributed by atoms with Gasteiger partial charge in [-0.05, 0) is 44.6 Å². The number of nitrogens with two attached hydrogens (primary N) is 1. The van der Waals surface area contributed by atoms with Crippen molar-refractivity contribution in [2.75, 3.05) is 5.73 Å². The van der Waals surface area contributed by atoms with Gasteiger partial charge in [0.15, 0.2) is 11.6 Å². The third-order valence-corrected chi connectivity index (χ3v) is 2.86. The zero-order valence-corrected chi connectivity index (χ0v) is 8.91. The summed E-state index contributed by atoms with van der Waals surface area (Å²) in [6, 6.07) is 1.01. The minimum atomic E-state index is -0.897. The fourth-order valence-corrected chi connectivity index (χ4v) is 1.90. The Labute approximate surface area is 84.2 Å². The van der Waals surface area contributed by atoms with E-state index in [9.17, 15) is 8.78 Å². The van der Waals surface area contributed by atoms with Crippen molar-refractivity contribution in [2.45, 2.75) is 0 Å². The molecular formula is C6H3BrF2IN. The van der Waals surface area contributed by atoms with Crippen LogP contribution < -0.4 is 5.73 Å². The standard InChI is InChI=1S/C6H3BrF2IN/c7-2-1-3(8)4(9)5(10)6(2)11/h1H,11H2. The quantitative estimate of drug-likeness (QED) is 0.336. The van der Waals surface area contributed by atoms with Crippen molar-refractivity contribution >= 4 is 44.2 Å².